The molecule has 0 bridgehead atoms. The van der Waals surface area contributed by atoms with Gasteiger partial charge in [0, 0.05) is 51.0 Å². The van der Waals surface area contributed by atoms with Crippen molar-refractivity contribution in [3.63, 3.8) is 0 Å². The summed E-state index contributed by atoms with van der Waals surface area (Å²) in [6.45, 7) is 2.12. The molecule has 3 aromatic rings. The number of nitro benzene ring substituents is 2. The molecule has 3 unspecified atom stereocenters. The number of anilines is 3. The number of nitro groups is 2. The lowest BCUT2D eigenvalue weighted by Gasteiger charge is -2.23. The van der Waals surface area contributed by atoms with E-state index >= 15 is 0 Å². The number of halogens is 1. The number of methoxy groups -OCH3 is 3. The second-order valence-electron chi connectivity index (χ2n) is 12.9. The highest BCUT2D eigenvalue weighted by Crippen LogP contribution is 2.34. The molecule has 3 aliphatic heterocycles. The summed E-state index contributed by atoms with van der Waals surface area (Å²) in [4.78, 5) is 57.0. The number of β-amino-alcohol motifs (C(OH)–C–C–N with tert-alkyl or cyclic N) is 3. The van der Waals surface area contributed by atoms with E-state index in [-0.39, 0.29) is 25.2 Å². The molecule has 0 spiro atoms. The second kappa shape index (κ2) is 19.6. The van der Waals surface area contributed by atoms with Crippen molar-refractivity contribution >= 4 is 46.3 Å². The number of nitrogens with zero attached hydrogens (tertiary/aromatic N) is 4. The fourth-order valence-electron chi connectivity index (χ4n) is 6.02. The highest BCUT2D eigenvalue weighted by Gasteiger charge is 2.46. The summed E-state index contributed by atoms with van der Waals surface area (Å²) >= 11 is 0. The predicted octanol–water partition coefficient (Wildman–Crippen LogP) is 1.71. The van der Waals surface area contributed by atoms with Crippen molar-refractivity contribution in [2.75, 3.05) is 76.1 Å². The van der Waals surface area contributed by atoms with Gasteiger partial charge in [-0.25, -0.2) is 14.4 Å². The summed E-state index contributed by atoms with van der Waals surface area (Å²) in [5.74, 6) is -2.65. The summed E-state index contributed by atoms with van der Waals surface area (Å²) in [5, 5.41) is 53.5. The SMILES string of the molecule is COC(=O)C1(O)CCN(c2ccccc2N)C1.COC(=O)C1(O)CCN(c2ccccc2[N+](=O)[O-])C1.COC(=O)C1(O)CCNC1.O=[N+]([O-])c1ccccc1F. The van der Waals surface area contributed by atoms with Gasteiger partial charge in [0.05, 0.1) is 55.6 Å². The first-order valence-electron chi connectivity index (χ1n) is 17.0. The Kier molecular flexibility index (Phi) is 15.5. The highest BCUT2D eigenvalue weighted by atomic mass is 19.1. The van der Waals surface area contributed by atoms with Gasteiger partial charge in [-0.1, -0.05) is 36.4 Å². The first kappa shape index (κ1) is 44.4. The van der Waals surface area contributed by atoms with E-state index in [1.807, 2.05) is 23.1 Å². The zero-order valence-corrected chi connectivity index (χ0v) is 31.0. The Morgan fingerprint density at radius 3 is 1.55 bits per heavy atom. The van der Waals surface area contributed by atoms with E-state index in [4.69, 9.17) is 5.73 Å². The molecule has 0 aromatic heterocycles. The molecule has 304 valence electrons. The van der Waals surface area contributed by atoms with Crippen LogP contribution in [0.4, 0.5) is 32.8 Å². The Morgan fingerprint density at radius 1 is 0.696 bits per heavy atom. The molecule has 3 fully saturated rings. The number of nitrogens with two attached hydrogens (primary N) is 1. The maximum absolute atomic E-state index is 12.4. The largest absolute Gasteiger partial charge is 0.467 e. The molecule has 56 heavy (non-hydrogen) atoms. The molecule has 0 radical (unpaired) electrons. The van der Waals surface area contributed by atoms with Crippen LogP contribution in [0.1, 0.15) is 19.3 Å². The third-order valence-corrected chi connectivity index (χ3v) is 9.07. The van der Waals surface area contributed by atoms with Gasteiger partial charge in [-0.05, 0) is 30.8 Å². The fourth-order valence-corrected chi connectivity index (χ4v) is 6.02. The number of para-hydroxylation sites is 5. The first-order chi connectivity index (χ1) is 26.4. The van der Waals surface area contributed by atoms with E-state index in [0.29, 0.717) is 50.4 Å². The minimum atomic E-state index is -1.60. The standard InChI is InChI=1S/C12H14N2O5.C12H16N2O3.C6H4FNO2.C6H11NO3/c1-19-11(15)12(16)6-7-13(8-12)9-4-2-3-5-10(9)14(17)18;1-17-11(15)12(16)6-7-14(8-12)10-5-3-2-4-9(10)13;7-5-3-1-2-4-6(5)8(9)10;1-10-5(8)6(9)2-3-7-4-6/h2-5,16H,6-8H2,1H3;2-5,16H,6-8,13H2,1H3;1-4H;7,9H,2-4H2,1H3. The minimum Gasteiger partial charge on any atom is -0.467 e. The van der Waals surface area contributed by atoms with E-state index in [2.05, 4.69) is 19.5 Å². The molecule has 3 aromatic carbocycles. The molecular weight excluding hydrogens is 743 g/mol. The first-order valence-corrected chi connectivity index (χ1v) is 17.0. The van der Waals surface area contributed by atoms with Gasteiger partial charge in [0.25, 0.3) is 5.69 Å². The summed E-state index contributed by atoms with van der Waals surface area (Å²) < 4.78 is 26.0. The van der Waals surface area contributed by atoms with Crippen molar-refractivity contribution in [2.24, 2.45) is 0 Å². The van der Waals surface area contributed by atoms with Gasteiger partial charge < -0.3 is 50.4 Å². The van der Waals surface area contributed by atoms with Crippen LogP contribution in [0.2, 0.25) is 0 Å². The van der Waals surface area contributed by atoms with Crippen LogP contribution < -0.4 is 20.9 Å². The Morgan fingerprint density at radius 2 is 1.12 bits per heavy atom. The van der Waals surface area contributed by atoms with Gasteiger partial charge in [-0.2, -0.15) is 4.39 Å². The van der Waals surface area contributed by atoms with Crippen LogP contribution >= 0.6 is 0 Å². The number of carbonyl (C=O) groups excluding carboxylic acids is 3. The quantitative estimate of drug-likeness (QED) is 0.0749. The molecule has 0 aliphatic carbocycles. The van der Waals surface area contributed by atoms with Gasteiger partial charge in [0.15, 0.2) is 16.8 Å². The van der Waals surface area contributed by atoms with Gasteiger partial charge >= 0.3 is 23.6 Å². The number of esters is 3. The summed E-state index contributed by atoms with van der Waals surface area (Å²) in [7, 11) is 3.76. The van der Waals surface area contributed by atoms with E-state index in [1.165, 1.54) is 39.5 Å². The third-order valence-electron chi connectivity index (χ3n) is 9.07. The molecule has 19 nitrogen and oxygen atoms in total. The molecule has 3 saturated heterocycles. The summed E-state index contributed by atoms with van der Waals surface area (Å²) in [6, 6.07) is 18.6. The fraction of sp³-hybridized carbons (Fsp3) is 0.417. The lowest BCUT2D eigenvalue weighted by atomic mass is 10.0. The number of nitrogens with one attached hydrogen (secondary N) is 1. The van der Waals surface area contributed by atoms with Crippen LogP contribution in [0, 0.1) is 26.0 Å². The average molecular weight is 789 g/mol. The Balaban J connectivity index is 0.000000208. The highest BCUT2D eigenvalue weighted by molar-refractivity contribution is 5.83. The van der Waals surface area contributed by atoms with Crippen LogP contribution in [0.15, 0.2) is 72.8 Å². The summed E-state index contributed by atoms with van der Waals surface area (Å²) in [6.07, 6.45) is 0.986. The number of hydrogen-bond donors (Lipinski definition) is 5. The molecule has 0 amide bonds. The van der Waals surface area contributed by atoms with Gasteiger partial charge in [0.2, 0.25) is 5.82 Å². The lowest BCUT2D eigenvalue weighted by Crippen LogP contribution is -2.42. The maximum atomic E-state index is 12.4. The number of aliphatic hydroxyl groups is 3. The molecule has 20 heteroatoms. The van der Waals surface area contributed by atoms with Crippen LogP contribution in [-0.4, -0.2) is 120 Å². The number of benzene rings is 3. The Hall–Kier alpha value is -5.96. The number of rotatable bonds is 7. The maximum Gasteiger partial charge on any atom is 0.339 e. The average Bonchev–Trinajstić information content (AvgIpc) is 3.94. The van der Waals surface area contributed by atoms with E-state index in [9.17, 15) is 54.3 Å². The van der Waals surface area contributed by atoms with Crippen molar-refractivity contribution in [3.8, 4) is 0 Å². The molecule has 0 saturated carbocycles. The normalized spacial score (nSPS) is 22.2. The molecule has 6 N–H and O–H groups in total. The van der Waals surface area contributed by atoms with E-state index < -0.39 is 56.1 Å². The summed E-state index contributed by atoms with van der Waals surface area (Å²) in [5.41, 5.74) is 2.92. The molecule has 3 atom stereocenters. The predicted molar refractivity (Wildman–Crippen MR) is 199 cm³/mol. The van der Waals surface area contributed by atoms with E-state index in [1.54, 1.807) is 29.2 Å². The van der Waals surface area contributed by atoms with Crippen molar-refractivity contribution < 1.29 is 58.2 Å². The van der Waals surface area contributed by atoms with Crippen molar-refractivity contribution in [1.82, 2.24) is 5.32 Å². The number of hydrogen-bond acceptors (Lipinski definition) is 17. The van der Waals surface area contributed by atoms with Crippen LogP contribution in [0.5, 0.6) is 0 Å². The lowest BCUT2D eigenvalue weighted by molar-refractivity contribution is -0.387. The van der Waals surface area contributed by atoms with Gasteiger partial charge in [-0.3, -0.25) is 20.2 Å². The minimum absolute atomic E-state index is 0.00940. The van der Waals surface area contributed by atoms with E-state index in [0.717, 1.165) is 17.8 Å². The van der Waals surface area contributed by atoms with Gasteiger partial charge in [0.1, 0.15) is 5.69 Å². The molecule has 3 aliphatic rings. The zero-order chi connectivity index (χ0) is 41.7. The van der Waals surface area contributed by atoms with Crippen LogP contribution in [0.25, 0.3) is 0 Å². The monoisotopic (exact) mass is 788 g/mol. The second-order valence-corrected chi connectivity index (χ2v) is 12.9. The van der Waals surface area contributed by atoms with Crippen LogP contribution in [-0.2, 0) is 28.6 Å². The van der Waals surface area contributed by atoms with Gasteiger partial charge in [-0.15, -0.1) is 0 Å². The number of ether oxygens (including phenoxy) is 3. The Labute approximate surface area is 320 Å². The van der Waals surface area contributed by atoms with Crippen molar-refractivity contribution in [2.45, 2.75) is 36.1 Å². The smallest absolute Gasteiger partial charge is 0.339 e. The topological polar surface area (TPSA) is 270 Å². The molecular formula is C36H45FN6O13. The zero-order valence-electron chi connectivity index (χ0n) is 31.0. The Bertz CT molecular complexity index is 1860. The third kappa shape index (κ3) is 11.1. The number of carbonyl (C=O) groups is 3. The van der Waals surface area contributed by atoms with Crippen LogP contribution in [0.3, 0.4) is 0 Å². The number of nitrogen functional groups attached to an aromatic ring is 1. The van der Waals surface area contributed by atoms with Crippen molar-refractivity contribution in [3.05, 3.63) is 98.8 Å². The molecule has 3 heterocycles. The van der Waals surface area contributed by atoms with Crippen molar-refractivity contribution in [1.29, 1.82) is 0 Å². The molecule has 6 rings (SSSR count).